The minimum absolute atomic E-state index is 0.0821. The van der Waals surface area contributed by atoms with Gasteiger partial charge in [0.15, 0.2) is 5.96 Å². The molecule has 0 bridgehead atoms. The predicted octanol–water partition coefficient (Wildman–Crippen LogP) is 2.47. The maximum Gasteiger partial charge on any atom is 0.185 e. The van der Waals surface area contributed by atoms with Crippen LogP contribution in [-0.2, 0) is 0 Å². The van der Waals surface area contributed by atoms with E-state index in [1.165, 1.54) is 25.7 Å². The van der Waals surface area contributed by atoms with Crippen molar-refractivity contribution in [3.63, 3.8) is 0 Å². The normalized spacial score (nSPS) is 14.8. The van der Waals surface area contributed by atoms with Gasteiger partial charge in [0.05, 0.1) is 0 Å². The zero-order valence-electron chi connectivity index (χ0n) is 9.82. The Bertz CT molecular complexity index is 168. The molecule has 0 aliphatic heterocycles. The van der Waals surface area contributed by atoms with E-state index in [1.54, 1.807) is 0 Å². The molecule has 1 atom stereocenters. The Balaban J connectivity index is 3.66. The Morgan fingerprint density at radius 3 is 2.43 bits per heavy atom. The number of rotatable bonds is 7. The summed E-state index contributed by atoms with van der Waals surface area (Å²) in [4.78, 5) is 0. The molecule has 84 valence electrons. The molecular formula is C11H25N3. The highest BCUT2D eigenvalue weighted by Gasteiger charge is 2.19. The standard InChI is InChI=1S/C11H25N3/c1-4-7-11(3,5-2)8-6-9-14-10(12)13/h4-9H2,1-3H3,(H4,12,13,14). The molecule has 1 unspecified atom stereocenters. The molecule has 0 aliphatic carbocycles. The van der Waals surface area contributed by atoms with Crippen molar-refractivity contribution in [2.45, 2.75) is 52.9 Å². The quantitative estimate of drug-likeness (QED) is 0.335. The SMILES string of the molecule is CCCC(C)(CC)CCCNC(=N)N. The first-order valence-electron chi connectivity index (χ1n) is 5.62. The second-order valence-electron chi connectivity index (χ2n) is 4.36. The highest BCUT2D eigenvalue weighted by Crippen LogP contribution is 2.32. The van der Waals surface area contributed by atoms with Crippen molar-refractivity contribution in [1.29, 1.82) is 5.41 Å². The van der Waals surface area contributed by atoms with Crippen LogP contribution in [-0.4, -0.2) is 12.5 Å². The molecule has 0 rings (SSSR count). The number of nitrogens with two attached hydrogens (primary N) is 1. The predicted molar refractivity (Wildman–Crippen MR) is 62.5 cm³/mol. The van der Waals surface area contributed by atoms with Crippen LogP contribution in [0.1, 0.15) is 52.9 Å². The highest BCUT2D eigenvalue weighted by atomic mass is 15.0. The largest absolute Gasteiger partial charge is 0.370 e. The lowest BCUT2D eigenvalue weighted by atomic mass is 9.79. The van der Waals surface area contributed by atoms with Gasteiger partial charge in [-0.25, -0.2) is 0 Å². The molecular weight excluding hydrogens is 174 g/mol. The van der Waals surface area contributed by atoms with E-state index in [9.17, 15) is 0 Å². The Morgan fingerprint density at radius 2 is 2.00 bits per heavy atom. The second kappa shape index (κ2) is 6.68. The van der Waals surface area contributed by atoms with Crippen molar-refractivity contribution in [1.82, 2.24) is 5.32 Å². The smallest absolute Gasteiger partial charge is 0.185 e. The van der Waals surface area contributed by atoms with Gasteiger partial charge in [0.2, 0.25) is 0 Å². The Labute approximate surface area is 88.0 Å². The van der Waals surface area contributed by atoms with E-state index < -0.39 is 0 Å². The zero-order chi connectivity index (χ0) is 11.0. The van der Waals surface area contributed by atoms with E-state index in [1.807, 2.05) is 0 Å². The third-order valence-corrected chi connectivity index (χ3v) is 2.98. The molecule has 3 nitrogen and oxygen atoms in total. The molecule has 0 radical (unpaired) electrons. The van der Waals surface area contributed by atoms with Crippen LogP contribution < -0.4 is 11.1 Å². The van der Waals surface area contributed by atoms with E-state index in [0.29, 0.717) is 5.41 Å². The van der Waals surface area contributed by atoms with E-state index in [-0.39, 0.29) is 5.96 Å². The zero-order valence-corrected chi connectivity index (χ0v) is 9.82. The van der Waals surface area contributed by atoms with Crippen molar-refractivity contribution in [2.75, 3.05) is 6.54 Å². The van der Waals surface area contributed by atoms with Crippen molar-refractivity contribution in [2.24, 2.45) is 11.1 Å². The average Bonchev–Trinajstić information content (AvgIpc) is 2.13. The fraction of sp³-hybridized carbons (Fsp3) is 0.909. The first-order chi connectivity index (χ1) is 6.54. The second-order valence-corrected chi connectivity index (χ2v) is 4.36. The first-order valence-corrected chi connectivity index (χ1v) is 5.62. The van der Waals surface area contributed by atoms with Gasteiger partial charge < -0.3 is 11.1 Å². The summed E-state index contributed by atoms with van der Waals surface area (Å²) < 4.78 is 0. The maximum atomic E-state index is 7.02. The minimum Gasteiger partial charge on any atom is -0.370 e. The Morgan fingerprint density at radius 1 is 1.36 bits per heavy atom. The lowest BCUT2D eigenvalue weighted by molar-refractivity contribution is 0.252. The molecule has 14 heavy (non-hydrogen) atoms. The van der Waals surface area contributed by atoms with E-state index in [2.05, 4.69) is 26.1 Å². The number of hydrogen-bond donors (Lipinski definition) is 3. The number of hydrogen-bond acceptors (Lipinski definition) is 1. The number of nitrogens with one attached hydrogen (secondary N) is 2. The van der Waals surface area contributed by atoms with Gasteiger partial charge in [0, 0.05) is 6.54 Å². The summed E-state index contributed by atoms with van der Waals surface area (Å²) in [5.74, 6) is 0.0821. The number of guanidine groups is 1. The van der Waals surface area contributed by atoms with Gasteiger partial charge in [-0.05, 0) is 24.7 Å². The van der Waals surface area contributed by atoms with Crippen LogP contribution in [0.4, 0.5) is 0 Å². The molecule has 0 saturated heterocycles. The minimum atomic E-state index is 0.0821. The summed E-state index contributed by atoms with van der Waals surface area (Å²) in [6, 6.07) is 0. The van der Waals surface area contributed by atoms with Gasteiger partial charge in [0.1, 0.15) is 0 Å². The van der Waals surface area contributed by atoms with Crippen LogP contribution in [0.15, 0.2) is 0 Å². The summed E-state index contributed by atoms with van der Waals surface area (Å²) in [6.45, 7) is 7.68. The fourth-order valence-electron chi connectivity index (χ4n) is 1.82. The van der Waals surface area contributed by atoms with Gasteiger partial charge in [-0.3, -0.25) is 5.41 Å². The molecule has 3 heteroatoms. The maximum absolute atomic E-state index is 7.02. The van der Waals surface area contributed by atoms with Gasteiger partial charge in [0.25, 0.3) is 0 Å². The fourth-order valence-corrected chi connectivity index (χ4v) is 1.82. The Kier molecular flexibility index (Phi) is 6.34. The molecule has 0 spiro atoms. The van der Waals surface area contributed by atoms with E-state index >= 15 is 0 Å². The molecule has 0 fully saturated rings. The molecule has 0 aliphatic rings. The summed E-state index contributed by atoms with van der Waals surface area (Å²) in [7, 11) is 0. The van der Waals surface area contributed by atoms with Crippen molar-refractivity contribution < 1.29 is 0 Å². The van der Waals surface area contributed by atoms with Crippen LogP contribution in [0, 0.1) is 10.8 Å². The lowest BCUT2D eigenvalue weighted by Gasteiger charge is -2.27. The van der Waals surface area contributed by atoms with E-state index in [4.69, 9.17) is 11.1 Å². The Hall–Kier alpha value is -0.730. The van der Waals surface area contributed by atoms with E-state index in [0.717, 1.165) is 13.0 Å². The molecule has 4 N–H and O–H groups in total. The monoisotopic (exact) mass is 199 g/mol. The van der Waals surface area contributed by atoms with Crippen molar-refractivity contribution in [3.05, 3.63) is 0 Å². The van der Waals surface area contributed by atoms with Gasteiger partial charge in [-0.1, -0.05) is 33.6 Å². The van der Waals surface area contributed by atoms with Crippen molar-refractivity contribution >= 4 is 5.96 Å². The van der Waals surface area contributed by atoms with Crippen LogP contribution in [0.3, 0.4) is 0 Å². The topological polar surface area (TPSA) is 61.9 Å². The summed E-state index contributed by atoms with van der Waals surface area (Å²) in [6.07, 6.45) is 6.11. The van der Waals surface area contributed by atoms with Crippen LogP contribution >= 0.6 is 0 Å². The third kappa shape index (κ3) is 5.84. The first kappa shape index (κ1) is 13.3. The third-order valence-electron chi connectivity index (χ3n) is 2.98. The van der Waals surface area contributed by atoms with Crippen LogP contribution in [0.5, 0.6) is 0 Å². The van der Waals surface area contributed by atoms with Gasteiger partial charge in [-0.15, -0.1) is 0 Å². The molecule has 0 amide bonds. The van der Waals surface area contributed by atoms with Crippen molar-refractivity contribution in [3.8, 4) is 0 Å². The molecule has 0 aromatic heterocycles. The molecule has 0 saturated carbocycles. The molecule has 0 heterocycles. The highest BCUT2D eigenvalue weighted by molar-refractivity contribution is 5.74. The molecule has 0 aromatic rings. The molecule has 0 aromatic carbocycles. The summed E-state index contributed by atoms with van der Waals surface area (Å²) in [5.41, 5.74) is 5.69. The van der Waals surface area contributed by atoms with Crippen LogP contribution in [0.25, 0.3) is 0 Å². The average molecular weight is 199 g/mol. The lowest BCUT2D eigenvalue weighted by Crippen LogP contribution is -2.31. The van der Waals surface area contributed by atoms with Gasteiger partial charge in [-0.2, -0.15) is 0 Å². The van der Waals surface area contributed by atoms with Gasteiger partial charge >= 0.3 is 0 Å². The summed E-state index contributed by atoms with van der Waals surface area (Å²) >= 11 is 0. The van der Waals surface area contributed by atoms with Crippen LogP contribution in [0.2, 0.25) is 0 Å². The summed E-state index contributed by atoms with van der Waals surface area (Å²) in [5, 5.41) is 9.87.